The largest absolute Gasteiger partial charge is 0.312 e. The minimum absolute atomic E-state index is 0.881. The van der Waals surface area contributed by atoms with E-state index in [0.717, 1.165) is 38.3 Å². The molecule has 0 radical (unpaired) electrons. The lowest BCUT2D eigenvalue weighted by Gasteiger charge is -2.20. The summed E-state index contributed by atoms with van der Waals surface area (Å²) in [4.78, 5) is 4.37. The van der Waals surface area contributed by atoms with Crippen molar-refractivity contribution in [2.45, 2.75) is 32.9 Å². The minimum atomic E-state index is 0.881. The molecule has 0 saturated heterocycles. The number of aromatic nitrogens is 3. The second kappa shape index (κ2) is 4.90. The summed E-state index contributed by atoms with van der Waals surface area (Å²) in [6.07, 6.45) is 3.65. The van der Waals surface area contributed by atoms with Gasteiger partial charge in [-0.2, -0.15) is 5.10 Å². The van der Waals surface area contributed by atoms with Gasteiger partial charge in [-0.25, -0.2) is 4.98 Å². The van der Waals surface area contributed by atoms with E-state index < -0.39 is 0 Å². The highest BCUT2D eigenvalue weighted by Crippen LogP contribution is 2.20. The zero-order valence-electron chi connectivity index (χ0n) is 10.7. The van der Waals surface area contributed by atoms with Crippen molar-refractivity contribution in [2.75, 3.05) is 6.54 Å². The molecule has 0 aliphatic carbocycles. The fourth-order valence-electron chi connectivity index (χ4n) is 2.64. The number of hydrogen-bond donors (Lipinski definition) is 1. The molecule has 18 heavy (non-hydrogen) atoms. The number of benzene rings is 1. The molecule has 4 nitrogen and oxygen atoms in total. The van der Waals surface area contributed by atoms with Crippen LogP contribution in [-0.2, 0) is 25.9 Å². The van der Waals surface area contributed by atoms with Gasteiger partial charge in [0.1, 0.15) is 12.2 Å². The Labute approximate surface area is 107 Å². The zero-order chi connectivity index (χ0) is 12.4. The first-order valence-electron chi connectivity index (χ1n) is 6.55. The predicted molar refractivity (Wildman–Crippen MR) is 70.4 cm³/mol. The summed E-state index contributed by atoms with van der Waals surface area (Å²) in [5.41, 5.74) is 4.33. The monoisotopic (exact) mass is 242 g/mol. The summed E-state index contributed by atoms with van der Waals surface area (Å²) in [5.74, 6) is 1.06. The second-order valence-electron chi connectivity index (χ2n) is 4.65. The third-order valence-electron chi connectivity index (χ3n) is 3.58. The number of nitrogens with zero attached hydrogens (tertiary/aromatic N) is 3. The minimum Gasteiger partial charge on any atom is -0.312 e. The lowest BCUT2D eigenvalue weighted by Crippen LogP contribution is -2.24. The van der Waals surface area contributed by atoms with Crippen molar-refractivity contribution in [3.63, 3.8) is 0 Å². The van der Waals surface area contributed by atoms with E-state index in [1.807, 2.05) is 4.68 Å². The van der Waals surface area contributed by atoms with E-state index in [-0.39, 0.29) is 0 Å². The van der Waals surface area contributed by atoms with E-state index in [1.54, 1.807) is 6.33 Å². The number of fused-ring (bicyclic) bond motifs is 1. The first-order valence-corrected chi connectivity index (χ1v) is 6.55. The highest BCUT2D eigenvalue weighted by molar-refractivity contribution is 5.38. The molecule has 0 spiro atoms. The standard InChI is InChI=1S/C14H18N4/c1-2-18-14(16-10-17-18)8-11-4-3-5-12-9-15-7-6-13(11)12/h3-5,10,15H,2,6-9H2,1H3. The van der Waals surface area contributed by atoms with Crippen LogP contribution >= 0.6 is 0 Å². The molecule has 0 bridgehead atoms. The van der Waals surface area contributed by atoms with Gasteiger partial charge in [-0.3, -0.25) is 4.68 Å². The third-order valence-corrected chi connectivity index (χ3v) is 3.58. The van der Waals surface area contributed by atoms with Crippen molar-refractivity contribution in [3.8, 4) is 0 Å². The van der Waals surface area contributed by atoms with Gasteiger partial charge in [0.25, 0.3) is 0 Å². The number of nitrogens with one attached hydrogen (secondary N) is 1. The summed E-state index contributed by atoms with van der Waals surface area (Å²) >= 11 is 0. The Bertz CT molecular complexity index is 544. The van der Waals surface area contributed by atoms with Gasteiger partial charge < -0.3 is 5.32 Å². The average Bonchev–Trinajstić information content (AvgIpc) is 2.86. The van der Waals surface area contributed by atoms with Crippen LogP contribution in [0.2, 0.25) is 0 Å². The van der Waals surface area contributed by atoms with Crippen molar-refractivity contribution in [3.05, 3.63) is 47.0 Å². The Kier molecular flexibility index (Phi) is 3.11. The molecule has 0 amide bonds. The second-order valence-corrected chi connectivity index (χ2v) is 4.65. The Morgan fingerprint density at radius 3 is 3.22 bits per heavy atom. The van der Waals surface area contributed by atoms with Crippen LogP contribution in [0.3, 0.4) is 0 Å². The lowest BCUT2D eigenvalue weighted by atomic mass is 9.94. The number of rotatable bonds is 3. The van der Waals surface area contributed by atoms with Crippen LogP contribution < -0.4 is 5.32 Å². The maximum atomic E-state index is 4.37. The fourth-order valence-corrected chi connectivity index (χ4v) is 2.64. The maximum absolute atomic E-state index is 4.37. The van der Waals surface area contributed by atoms with Crippen molar-refractivity contribution in [1.29, 1.82) is 0 Å². The lowest BCUT2D eigenvalue weighted by molar-refractivity contribution is 0.617. The highest BCUT2D eigenvalue weighted by Gasteiger charge is 2.14. The van der Waals surface area contributed by atoms with Gasteiger partial charge in [-0.1, -0.05) is 18.2 Å². The van der Waals surface area contributed by atoms with E-state index in [9.17, 15) is 0 Å². The van der Waals surface area contributed by atoms with E-state index in [4.69, 9.17) is 0 Å². The molecule has 2 aromatic rings. The molecule has 1 aromatic carbocycles. The van der Waals surface area contributed by atoms with Gasteiger partial charge >= 0.3 is 0 Å². The predicted octanol–water partition coefficient (Wildman–Crippen LogP) is 1.53. The summed E-state index contributed by atoms with van der Waals surface area (Å²) in [5, 5.41) is 7.65. The molecule has 4 heteroatoms. The molecule has 1 N–H and O–H groups in total. The molecule has 2 heterocycles. The van der Waals surface area contributed by atoms with Crippen LogP contribution in [-0.4, -0.2) is 21.3 Å². The Morgan fingerprint density at radius 1 is 1.39 bits per heavy atom. The first-order chi connectivity index (χ1) is 8.88. The van der Waals surface area contributed by atoms with Gasteiger partial charge in [0.2, 0.25) is 0 Å². The van der Waals surface area contributed by atoms with Gasteiger partial charge in [0, 0.05) is 19.5 Å². The summed E-state index contributed by atoms with van der Waals surface area (Å²) in [6, 6.07) is 6.59. The van der Waals surface area contributed by atoms with Gasteiger partial charge in [-0.05, 0) is 36.6 Å². The smallest absolute Gasteiger partial charge is 0.138 e. The fraction of sp³-hybridized carbons (Fsp3) is 0.429. The van der Waals surface area contributed by atoms with Crippen LogP contribution in [0, 0.1) is 0 Å². The van der Waals surface area contributed by atoms with Gasteiger partial charge in [0.15, 0.2) is 0 Å². The van der Waals surface area contributed by atoms with Crippen molar-refractivity contribution < 1.29 is 0 Å². The Morgan fingerprint density at radius 2 is 2.33 bits per heavy atom. The van der Waals surface area contributed by atoms with E-state index >= 15 is 0 Å². The molecule has 0 saturated carbocycles. The van der Waals surface area contributed by atoms with Crippen molar-refractivity contribution in [1.82, 2.24) is 20.1 Å². The number of aryl methyl sites for hydroxylation is 1. The summed E-state index contributed by atoms with van der Waals surface area (Å²) in [6.45, 7) is 5.04. The Hall–Kier alpha value is -1.68. The first kappa shape index (κ1) is 11.4. The highest BCUT2D eigenvalue weighted by atomic mass is 15.3. The zero-order valence-corrected chi connectivity index (χ0v) is 10.7. The molecule has 0 unspecified atom stereocenters. The molecule has 1 aliphatic rings. The van der Waals surface area contributed by atoms with Crippen molar-refractivity contribution >= 4 is 0 Å². The van der Waals surface area contributed by atoms with Crippen LogP contribution in [0.15, 0.2) is 24.5 Å². The van der Waals surface area contributed by atoms with Gasteiger partial charge in [0.05, 0.1) is 0 Å². The van der Waals surface area contributed by atoms with Crippen LogP contribution in [0.5, 0.6) is 0 Å². The van der Waals surface area contributed by atoms with Crippen molar-refractivity contribution in [2.24, 2.45) is 0 Å². The molecule has 0 atom stereocenters. The summed E-state index contributed by atoms with van der Waals surface area (Å²) in [7, 11) is 0. The quantitative estimate of drug-likeness (QED) is 0.887. The molecule has 3 rings (SSSR count). The molecular formula is C14H18N4. The van der Waals surface area contributed by atoms with E-state index in [1.165, 1.54) is 16.7 Å². The molecular weight excluding hydrogens is 224 g/mol. The third kappa shape index (κ3) is 2.04. The van der Waals surface area contributed by atoms with E-state index in [2.05, 4.69) is 40.5 Å². The topological polar surface area (TPSA) is 42.7 Å². The molecule has 1 aliphatic heterocycles. The molecule has 0 fully saturated rings. The van der Waals surface area contributed by atoms with E-state index in [0.29, 0.717) is 0 Å². The normalized spacial score (nSPS) is 14.5. The van der Waals surface area contributed by atoms with Crippen LogP contribution in [0.1, 0.15) is 29.4 Å². The molecule has 1 aromatic heterocycles. The molecule has 94 valence electrons. The average molecular weight is 242 g/mol. The summed E-state index contributed by atoms with van der Waals surface area (Å²) < 4.78 is 1.97. The van der Waals surface area contributed by atoms with Crippen LogP contribution in [0.4, 0.5) is 0 Å². The van der Waals surface area contributed by atoms with Gasteiger partial charge in [-0.15, -0.1) is 0 Å². The number of hydrogen-bond acceptors (Lipinski definition) is 3. The Balaban J connectivity index is 1.93. The van der Waals surface area contributed by atoms with Crippen LogP contribution in [0.25, 0.3) is 0 Å². The maximum Gasteiger partial charge on any atom is 0.138 e. The SMILES string of the molecule is CCn1ncnc1Cc1cccc2c1CCNC2.